The molecular weight excluding hydrogens is 418 g/mol. The second-order valence-corrected chi connectivity index (χ2v) is 9.39. The summed E-state index contributed by atoms with van der Waals surface area (Å²) in [5.74, 6) is 1.38. The normalized spacial score (nSPS) is 15.5. The van der Waals surface area contributed by atoms with E-state index in [0.29, 0.717) is 15.0 Å². The second kappa shape index (κ2) is 8.61. The van der Waals surface area contributed by atoms with Crippen LogP contribution >= 0.6 is 35.7 Å². The number of nitrogens with zero attached hydrogens (tertiary/aromatic N) is 1. The molecule has 0 radical (unpaired) electrons. The van der Waals surface area contributed by atoms with Gasteiger partial charge < -0.3 is 4.42 Å². The molecular formula is C23H19NO2S3. The number of carbonyl (C=O) groups excluding carboxylic acids is 1. The minimum atomic E-state index is -0.109. The predicted molar refractivity (Wildman–Crippen MR) is 126 cm³/mol. The SMILES string of the molecule is Cc1ccc(N2C(=O)C(=Cc3ccc(SCc4ccccc4)o3)SC2=S)c(C)c1. The van der Waals surface area contributed by atoms with Gasteiger partial charge in [0.25, 0.3) is 5.91 Å². The molecule has 0 N–H and O–H groups in total. The molecule has 1 aliphatic rings. The number of anilines is 1. The molecule has 1 fully saturated rings. The van der Waals surface area contributed by atoms with Crippen molar-refractivity contribution in [2.75, 3.05) is 4.90 Å². The smallest absolute Gasteiger partial charge is 0.270 e. The minimum Gasteiger partial charge on any atom is -0.450 e. The first-order chi connectivity index (χ1) is 14.0. The summed E-state index contributed by atoms with van der Waals surface area (Å²) in [5.41, 5.74) is 4.26. The van der Waals surface area contributed by atoms with Crippen LogP contribution in [-0.4, -0.2) is 10.2 Å². The predicted octanol–water partition coefficient (Wildman–Crippen LogP) is 6.59. The fourth-order valence-electron chi connectivity index (χ4n) is 3.08. The van der Waals surface area contributed by atoms with Crippen molar-refractivity contribution < 1.29 is 9.21 Å². The molecule has 29 heavy (non-hydrogen) atoms. The molecule has 1 aromatic heterocycles. The average molecular weight is 438 g/mol. The van der Waals surface area contributed by atoms with Crippen molar-refractivity contribution >= 4 is 57.7 Å². The summed E-state index contributed by atoms with van der Waals surface area (Å²) in [5, 5.41) is 0.824. The van der Waals surface area contributed by atoms with Crippen LogP contribution in [0.1, 0.15) is 22.5 Å². The van der Waals surface area contributed by atoms with E-state index in [-0.39, 0.29) is 5.91 Å². The second-order valence-electron chi connectivity index (χ2n) is 6.74. The largest absolute Gasteiger partial charge is 0.450 e. The van der Waals surface area contributed by atoms with Gasteiger partial charge in [-0.25, -0.2) is 0 Å². The standard InChI is InChI=1S/C23H19NO2S3/c1-15-8-10-19(16(2)12-15)24-22(25)20(29-23(24)27)13-18-9-11-21(26-18)28-14-17-6-4-3-5-7-17/h3-13H,14H2,1-2H3. The van der Waals surface area contributed by atoms with E-state index in [2.05, 4.69) is 18.2 Å². The number of hydrogen-bond acceptors (Lipinski definition) is 5. The van der Waals surface area contributed by atoms with Gasteiger partial charge in [-0.2, -0.15) is 0 Å². The Morgan fingerprint density at radius 3 is 2.66 bits per heavy atom. The maximum atomic E-state index is 13.0. The Balaban J connectivity index is 1.49. The molecule has 0 aliphatic carbocycles. The summed E-state index contributed by atoms with van der Waals surface area (Å²) < 4.78 is 6.43. The highest BCUT2D eigenvalue weighted by Gasteiger charge is 2.34. The number of thioether (sulfide) groups is 2. The molecule has 0 atom stereocenters. The Morgan fingerprint density at radius 2 is 1.90 bits per heavy atom. The molecule has 6 heteroatoms. The van der Waals surface area contributed by atoms with Crippen LogP contribution in [0.2, 0.25) is 0 Å². The number of rotatable bonds is 5. The summed E-state index contributed by atoms with van der Waals surface area (Å²) in [7, 11) is 0. The zero-order chi connectivity index (χ0) is 20.4. The topological polar surface area (TPSA) is 33.5 Å². The van der Waals surface area contributed by atoms with Gasteiger partial charge in [0.2, 0.25) is 0 Å². The Hall–Kier alpha value is -2.28. The van der Waals surface area contributed by atoms with Gasteiger partial charge in [0, 0.05) is 11.8 Å². The van der Waals surface area contributed by atoms with E-state index in [9.17, 15) is 4.79 Å². The lowest BCUT2D eigenvalue weighted by molar-refractivity contribution is -0.113. The van der Waals surface area contributed by atoms with Crippen molar-refractivity contribution in [1.29, 1.82) is 0 Å². The number of carbonyl (C=O) groups is 1. The first-order valence-corrected chi connectivity index (χ1v) is 11.3. The first-order valence-electron chi connectivity index (χ1n) is 9.13. The average Bonchev–Trinajstić information content (AvgIpc) is 3.26. The zero-order valence-electron chi connectivity index (χ0n) is 16.0. The number of benzene rings is 2. The van der Waals surface area contributed by atoms with E-state index in [1.165, 1.54) is 17.3 Å². The van der Waals surface area contributed by atoms with Crippen LogP contribution in [0.5, 0.6) is 0 Å². The maximum Gasteiger partial charge on any atom is 0.270 e. The zero-order valence-corrected chi connectivity index (χ0v) is 18.5. The molecule has 3 aromatic rings. The maximum absolute atomic E-state index is 13.0. The molecule has 1 aliphatic heterocycles. The van der Waals surface area contributed by atoms with Crippen molar-refractivity contribution in [2.24, 2.45) is 0 Å². The van der Waals surface area contributed by atoms with E-state index in [1.807, 2.05) is 56.3 Å². The van der Waals surface area contributed by atoms with Crippen molar-refractivity contribution in [3.05, 3.63) is 88.0 Å². The van der Waals surface area contributed by atoms with E-state index in [4.69, 9.17) is 16.6 Å². The first kappa shape index (κ1) is 20.0. The summed E-state index contributed by atoms with van der Waals surface area (Å²) in [4.78, 5) is 15.2. The van der Waals surface area contributed by atoms with Gasteiger partial charge in [0.1, 0.15) is 5.76 Å². The van der Waals surface area contributed by atoms with Crippen LogP contribution < -0.4 is 4.90 Å². The molecule has 0 bridgehead atoms. The lowest BCUT2D eigenvalue weighted by Gasteiger charge is -2.17. The Bertz CT molecular complexity index is 1100. The third-order valence-electron chi connectivity index (χ3n) is 4.49. The summed E-state index contributed by atoms with van der Waals surface area (Å²) in [6.45, 7) is 4.03. The fraction of sp³-hybridized carbons (Fsp3) is 0.130. The van der Waals surface area contributed by atoms with Crippen molar-refractivity contribution in [3.8, 4) is 0 Å². The highest BCUT2D eigenvalue weighted by Crippen LogP contribution is 2.38. The third-order valence-corrected chi connectivity index (χ3v) is 6.77. The molecule has 0 spiro atoms. The van der Waals surface area contributed by atoms with E-state index in [1.54, 1.807) is 22.7 Å². The molecule has 0 saturated carbocycles. The van der Waals surface area contributed by atoms with Crippen molar-refractivity contribution in [1.82, 2.24) is 0 Å². The minimum absolute atomic E-state index is 0.109. The lowest BCUT2D eigenvalue weighted by atomic mass is 10.1. The Morgan fingerprint density at radius 1 is 1.10 bits per heavy atom. The summed E-state index contributed by atoms with van der Waals surface area (Å²) in [6, 6.07) is 20.1. The van der Waals surface area contributed by atoms with Crippen LogP contribution in [0, 0.1) is 13.8 Å². The van der Waals surface area contributed by atoms with E-state index < -0.39 is 0 Å². The van der Waals surface area contributed by atoms with Gasteiger partial charge in [-0.15, -0.1) is 0 Å². The van der Waals surface area contributed by atoms with Gasteiger partial charge >= 0.3 is 0 Å². The van der Waals surface area contributed by atoms with Crippen LogP contribution in [0.4, 0.5) is 5.69 Å². The van der Waals surface area contributed by atoms with Gasteiger partial charge in [-0.3, -0.25) is 9.69 Å². The number of thiocarbonyl (C=S) groups is 1. The third kappa shape index (κ3) is 4.50. The molecule has 146 valence electrons. The number of hydrogen-bond donors (Lipinski definition) is 0. The van der Waals surface area contributed by atoms with Crippen LogP contribution in [0.25, 0.3) is 6.08 Å². The number of aryl methyl sites for hydroxylation is 2. The highest BCUT2D eigenvalue weighted by molar-refractivity contribution is 8.27. The van der Waals surface area contributed by atoms with Crippen molar-refractivity contribution in [2.45, 2.75) is 24.7 Å². The molecule has 0 unspecified atom stereocenters. The van der Waals surface area contributed by atoms with Gasteiger partial charge in [0.15, 0.2) is 9.41 Å². The Labute approximate surface area is 184 Å². The number of amides is 1. The lowest BCUT2D eigenvalue weighted by Crippen LogP contribution is -2.28. The monoisotopic (exact) mass is 437 g/mol. The van der Waals surface area contributed by atoms with Crippen LogP contribution in [-0.2, 0) is 10.5 Å². The van der Waals surface area contributed by atoms with Gasteiger partial charge in [0.05, 0.1) is 10.6 Å². The quantitative estimate of drug-likeness (QED) is 0.255. The Kier molecular flexibility index (Phi) is 5.94. The molecule has 1 amide bonds. The van der Waals surface area contributed by atoms with Gasteiger partial charge in [-0.1, -0.05) is 83.8 Å². The molecule has 4 rings (SSSR count). The van der Waals surface area contributed by atoms with Crippen LogP contribution in [0.15, 0.2) is 75.1 Å². The van der Waals surface area contributed by atoms with E-state index in [0.717, 1.165) is 27.7 Å². The molecule has 3 nitrogen and oxygen atoms in total. The molecule has 2 aromatic carbocycles. The summed E-state index contributed by atoms with van der Waals surface area (Å²) in [6.07, 6.45) is 1.77. The van der Waals surface area contributed by atoms with Crippen LogP contribution in [0.3, 0.4) is 0 Å². The summed E-state index contributed by atoms with van der Waals surface area (Å²) >= 11 is 8.42. The molecule has 1 saturated heterocycles. The van der Waals surface area contributed by atoms with Crippen molar-refractivity contribution in [3.63, 3.8) is 0 Å². The van der Waals surface area contributed by atoms with Gasteiger partial charge in [-0.05, 0) is 43.2 Å². The fourth-order valence-corrected chi connectivity index (χ4v) is 5.16. The highest BCUT2D eigenvalue weighted by atomic mass is 32.2. The van der Waals surface area contributed by atoms with E-state index >= 15 is 0 Å². The number of furan rings is 1. The molecule has 2 heterocycles.